The van der Waals surface area contributed by atoms with E-state index in [1.54, 1.807) is 13.2 Å². The highest BCUT2D eigenvalue weighted by Gasteiger charge is 2.22. The van der Waals surface area contributed by atoms with Gasteiger partial charge < -0.3 is 20.4 Å². The van der Waals surface area contributed by atoms with Crippen molar-refractivity contribution in [2.24, 2.45) is 0 Å². The van der Waals surface area contributed by atoms with Crippen LogP contribution in [0.25, 0.3) is 0 Å². The van der Waals surface area contributed by atoms with Crippen molar-refractivity contribution in [1.29, 1.82) is 0 Å². The summed E-state index contributed by atoms with van der Waals surface area (Å²) < 4.78 is 5.52. The Bertz CT molecular complexity index is 656. The van der Waals surface area contributed by atoms with Gasteiger partial charge in [0.15, 0.2) is 18.3 Å². The Hall–Kier alpha value is -2.60. The monoisotopic (exact) mass is 344 g/mol. The molecule has 0 aliphatic heterocycles. The second-order valence-corrected chi connectivity index (χ2v) is 5.92. The summed E-state index contributed by atoms with van der Waals surface area (Å²) in [6.45, 7) is 4.48. The third kappa shape index (κ3) is 5.76. The number of nitrogens with two attached hydrogens (primary N) is 1. The molecule has 2 amide bonds. The third-order valence-corrected chi connectivity index (χ3v) is 3.87. The Morgan fingerprint density at radius 3 is 2.56 bits per heavy atom. The predicted octanol–water partition coefficient (Wildman–Crippen LogP) is 0.963. The molecule has 0 aliphatic carbocycles. The first kappa shape index (κ1) is 18.7. The van der Waals surface area contributed by atoms with Crippen molar-refractivity contribution < 1.29 is 19.3 Å². The summed E-state index contributed by atoms with van der Waals surface area (Å²) in [5.74, 6) is 0.431. The largest absolute Gasteiger partial charge is 0.463 e. The highest BCUT2D eigenvalue weighted by atomic mass is 16.3. The average molecular weight is 344 g/mol. The fourth-order valence-corrected chi connectivity index (χ4v) is 2.54. The molecule has 0 saturated heterocycles. The molecule has 25 heavy (non-hydrogen) atoms. The van der Waals surface area contributed by atoms with Gasteiger partial charge in [0.2, 0.25) is 5.91 Å². The molecule has 0 spiro atoms. The smallest absolute Gasteiger partial charge is 0.275 e. The zero-order chi connectivity index (χ0) is 18.1. The van der Waals surface area contributed by atoms with Crippen LogP contribution in [0, 0.1) is 0 Å². The zero-order valence-electron chi connectivity index (χ0n) is 14.7. The van der Waals surface area contributed by atoms with Gasteiger partial charge in [-0.05, 0) is 25.5 Å². The van der Waals surface area contributed by atoms with Gasteiger partial charge in [0.25, 0.3) is 5.91 Å². The number of hydrogen-bond acceptors (Lipinski definition) is 3. The number of carbonyl (C=O) groups excluding carboxylic acids is 2. The molecular formula is C19H26N3O3+. The number of furan rings is 1. The Balaban J connectivity index is 1.92. The molecule has 0 fully saturated rings. The summed E-state index contributed by atoms with van der Waals surface area (Å²) in [5, 5.41) is 7.40. The summed E-state index contributed by atoms with van der Waals surface area (Å²) in [6, 6.07) is 12.9. The lowest BCUT2D eigenvalue weighted by Crippen LogP contribution is -2.88. The van der Waals surface area contributed by atoms with Crippen LogP contribution in [-0.2, 0) is 9.59 Å². The Kier molecular flexibility index (Phi) is 7.22. The van der Waals surface area contributed by atoms with Crippen LogP contribution in [0.5, 0.6) is 0 Å². The number of benzene rings is 1. The fourth-order valence-electron chi connectivity index (χ4n) is 2.54. The predicted molar refractivity (Wildman–Crippen MR) is 94.7 cm³/mol. The molecule has 0 bridgehead atoms. The van der Waals surface area contributed by atoms with Gasteiger partial charge in [0.05, 0.1) is 6.26 Å². The van der Waals surface area contributed by atoms with Crippen molar-refractivity contribution in [3.63, 3.8) is 0 Å². The molecule has 2 aromatic rings. The molecule has 0 unspecified atom stereocenters. The van der Waals surface area contributed by atoms with Crippen molar-refractivity contribution in [2.75, 3.05) is 13.1 Å². The van der Waals surface area contributed by atoms with E-state index in [0.29, 0.717) is 6.54 Å². The number of hydrogen-bond donors (Lipinski definition) is 3. The van der Waals surface area contributed by atoms with Crippen LogP contribution in [0.2, 0.25) is 0 Å². The lowest BCUT2D eigenvalue weighted by atomic mass is 10.0. The van der Waals surface area contributed by atoms with Crippen LogP contribution < -0.4 is 16.0 Å². The van der Waals surface area contributed by atoms with Crippen LogP contribution in [-0.4, -0.2) is 30.9 Å². The molecule has 0 aliphatic rings. The summed E-state index contributed by atoms with van der Waals surface area (Å²) in [6.07, 6.45) is 2.49. The van der Waals surface area contributed by atoms with Crippen LogP contribution in [0.4, 0.5) is 0 Å². The van der Waals surface area contributed by atoms with Gasteiger partial charge in [0, 0.05) is 12.1 Å². The lowest BCUT2D eigenvalue weighted by Gasteiger charge is -2.16. The van der Waals surface area contributed by atoms with E-state index in [1.165, 1.54) is 0 Å². The molecule has 4 N–H and O–H groups in total. The molecule has 0 saturated carbocycles. The first-order valence-electron chi connectivity index (χ1n) is 8.60. The SMILES string of the molecule is CCCNC(=O)[C@@H](C)NC(=O)C[NH2+][C@H](c1ccccc1)c1ccco1. The number of carbonyl (C=O) groups is 2. The Labute approximate surface area is 148 Å². The van der Waals surface area contributed by atoms with Crippen molar-refractivity contribution in [1.82, 2.24) is 10.6 Å². The van der Waals surface area contributed by atoms with Crippen molar-refractivity contribution in [3.05, 3.63) is 60.1 Å². The molecule has 1 aromatic carbocycles. The van der Waals surface area contributed by atoms with E-state index in [2.05, 4.69) is 10.6 Å². The number of nitrogens with one attached hydrogen (secondary N) is 2. The average Bonchev–Trinajstić information content (AvgIpc) is 3.15. The molecule has 6 heteroatoms. The Morgan fingerprint density at radius 2 is 1.92 bits per heavy atom. The second-order valence-electron chi connectivity index (χ2n) is 5.92. The topological polar surface area (TPSA) is 88.0 Å². The van der Waals surface area contributed by atoms with Gasteiger partial charge in [0.1, 0.15) is 6.04 Å². The normalized spacial score (nSPS) is 13.0. The first-order valence-corrected chi connectivity index (χ1v) is 8.60. The lowest BCUT2D eigenvalue weighted by molar-refractivity contribution is -0.678. The van der Waals surface area contributed by atoms with Gasteiger partial charge in [-0.3, -0.25) is 9.59 Å². The van der Waals surface area contributed by atoms with E-state index in [0.717, 1.165) is 17.7 Å². The summed E-state index contributed by atoms with van der Waals surface area (Å²) in [4.78, 5) is 24.0. The van der Waals surface area contributed by atoms with Crippen LogP contribution in [0.15, 0.2) is 53.1 Å². The molecule has 2 atom stereocenters. The summed E-state index contributed by atoms with van der Waals surface area (Å²) in [7, 11) is 0. The summed E-state index contributed by atoms with van der Waals surface area (Å²) >= 11 is 0. The maximum atomic E-state index is 12.2. The number of rotatable bonds is 9. The summed E-state index contributed by atoms with van der Waals surface area (Å²) in [5.41, 5.74) is 1.05. The van der Waals surface area contributed by atoms with Gasteiger partial charge >= 0.3 is 0 Å². The van der Waals surface area contributed by atoms with Crippen LogP contribution in [0.1, 0.15) is 37.6 Å². The van der Waals surface area contributed by atoms with E-state index in [1.807, 2.05) is 54.7 Å². The van der Waals surface area contributed by atoms with Gasteiger partial charge in [-0.1, -0.05) is 37.3 Å². The number of amides is 2. The fraction of sp³-hybridized carbons (Fsp3) is 0.368. The van der Waals surface area contributed by atoms with Gasteiger partial charge in [-0.2, -0.15) is 0 Å². The molecule has 1 heterocycles. The molecule has 134 valence electrons. The molecular weight excluding hydrogens is 318 g/mol. The molecule has 0 radical (unpaired) electrons. The first-order chi connectivity index (χ1) is 12.1. The van der Waals surface area contributed by atoms with Crippen molar-refractivity contribution in [2.45, 2.75) is 32.4 Å². The maximum Gasteiger partial charge on any atom is 0.275 e. The molecule has 6 nitrogen and oxygen atoms in total. The minimum Gasteiger partial charge on any atom is -0.463 e. The van der Waals surface area contributed by atoms with Gasteiger partial charge in [-0.15, -0.1) is 0 Å². The van der Waals surface area contributed by atoms with E-state index < -0.39 is 6.04 Å². The third-order valence-electron chi connectivity index (χ3n) is 3.87. The quantitative estimate of drug-likeness (QED) is 0.633. The van der Waals surface area contributed by atoms with E-state index in [-0.39, 0.29) is 24.4 Å². The maximum absolute atomic E-state index is 12.2. The van der Waals surface area contributed by atoms with Crippen LogP contribution in [0.3, 0.4) is 0 Å². The minimum absolute atomic E-state index is 0.105. The molecule has 1 aromatic heterocycles. The van der Waals surface area contributed by atoms with E-state index in [9.17, 15) is 9.59 Å². The van der Waals surface area contributed by atoms with Crippen molar-refractivity contribution in [3.8, 4) is 0 Å². The number of quaternary nitrogens is 1. The van der Waals surface area contributed by atoms with Crippen LogP contribution >= 0.6 is 0 Å². The highest BCUT2D eigenvalue weighted by Crippen LogP contribution is 2.18. The Morgan fingerprint density at radius 1 is 1.16 bits per heavy atom. The van der Waals surface area contributed by atoms with E-state index in [4.69, 9.17) is 4.42 Å². The molecule has 2 rings (SSSR count). The zero-order valence-corrected chi connectivity index (χ0v) is 14.7. The minimum atomic E-state index is -0.550. The highest BCUT2D eigenvalue weighted by molar-refractivity contribution is 5.87. The van der Waals surface area contributed by atoms with Gasteiger partial charge in [-0.25, -0.2) is 0 Å². The second kappa shape index (κ2) is 9.64. The van der Waals surface area contributed by atoms with E-state index >= 15 is 0 Å². The van der Waals surface area contributed by atoms with Crippen molar-refractivity contribution >= 4 is 11.8 Å². The standard InChI is InChI=1S/C19H25N3O3/c1-3-11-20-19(24)14(2)22-17(23)13-21-18(16-10-7-12-25-16)15-8-5-4-6-9-15/h4-10,12,14,18,21H,3,11,13H2,1-2H3,(H,20,24)(H,22,23)/p+1/t14-,18-/m1/s1.